The van der Waals surface area contributed by atoms with Crippen LogP contribution in [0.5, 0.6) is 0 Å². The Hall–Kier alpha value is -2.30. The highest BCUT2D eigenvalue weighted by Gasteiger charge is 2.46. The summed E-state index contributed by atoms with van der Waals surface area (Å²) in [5, 5.41) is 2.69. The van der Waals surface area contributed by atoms with Gasteiger partial charge in [-0.1, -0.05) is 121 Å². The highest BCUT2D eigenvalue weighted by molar-refractivity contribution is 7.70. The second kappa shape index (κ2) is 9.68. The first-order valence-corrected chi connectivity index (χ1v) is 13.2. The molecule has 0 spiro atoms. The van der Waals surface area contributed by atoms with Gasteiger partial charge in [0.15, 0.2) is 0 Å². The SMILES string of the molecule is PC(c1ccccc1)(c1ccccc1)[C@@H]1CCCN1P(c1ccccc1)c1ccccc1. The normalized spacial score (nSPS) is 17.0. The largest absolute Gasteiger partial charge is 0.270 e. The lowest BCUT2D eigenvalue weighted by Gasteiger charge is -2.44. The summed E-state index contributed by atoms with van der Waals surface area (Å²) in [6, 6.07) is 44.7. The van der Waals surface area contributed by atoms with Crippen molar-refractivity contribution >= 4 is 27.9 Å². The molecule has 3 heteroatoms. The monoisotopic (exact) mass is 453 g/mol. The van der Waals surface area contributed by atoms with Crippen LogP contribution in [0.4, 0.5) is 0 Å². The molecule has 0 amide bonds. The quantitative estimate of drug-likeness (QED) is 0.309. The topological polar surface area (TPSA) is 3.24 Å². The molecule has 32 heavy (non-hydrogen) atoms. The minimum Gasteiger partial charge on any atom is -0.270 e. The zero-order chi connectivity index (χ0) is 21.8. The van der Waals surface area contributed by atoms with Crippen LogP contribution in [-0.2, 0) is 5.16 Å². The van der Waals surface area contributed by atoms with Gasteiger partial charge in [0.2, 0.25) is 0 Å². The van der Waals surface area contributed by atoms with Crippen molar-refractivity contribution in [2.45, 2.75) is 24.0 Å². The van der Waals surface area contributed by atoms with Crippen molar-refractivity contribution in [3.05, 3.63) is 132 Å². The molecule has 0 aliphatic carbocycles. The van der Waals surface area contributed by atoms with Crippen LogP contribution in [-0.4, -0.2) is 17.3 Å². The molecule has 1 fully saturated rings. The maximum atomic E-state index is 3.30. The molecule has 1 aliphatic rings. The molecule has 1 unspecified atom stereocenters. The summed E-state index contributed by atoms with van der Waals surface area (Å²) >= 11 is 0. The Kier molecular flexibility index (Phi) is 6.52. The summed E-state index contributed by atoms with van der Waals surface area (Å²) in [4.78, 5) is 0. The second-order valence-electron chi connectivity index (χ2n) is 8.41. The smallest absolute Gasteiger partial charge is 0.0501 e. The van der Waals surface area contributed by atoms with Crippen LogP contribution in [0.15, 0.2) is 121 Å². The molecule has 0 saturated carbocycles. The molecule has 0 radical (unpaired) electrons. The molecule has 1 nitrogen and oxygen atoms in total. The van der Waals surface area contributed by atoms with Crippen LogP contribution in [0.25, 0.3) is 0 Å². The number of hydrogen-bond donors (Lipinski definition) is 0. The Morgan fingerprint density at radius 3 is 1.47 bits per heavy atom. The average molecular weight is 454 g/mol. The average Bonchev–Trinajstić information content (AvgIpc) is 3.36. The van der Waals surface area contributed by atoms with Crippen LogP contribution in [0, 0.1) is 0 Å². The van der Waals surface area contributed by atoms with E-state index in [4.69, 9.17) is 0 Å². The summed E-state index contributed by atoms with van der Waals surface area (Å²) in [5.41, 5.74) is 2.73. The molecule has 0 aromatic heterocycles. The third-order valence-electron chi connectivity index (χ3n) is 6.51. The minimum atomic E-state index is -0.616. The van der Waals surface area contributed by atoms with Gasteiger partial charge in [0.1, 0.15) is 0 Å². The Morgan fingerprint density at radius 2 is 1.03 bits per heavy atom. The molecule has 1 saturated heterocycles. The number of hydrogen-bond acceptors (Lipinski definition) is 1. The fraction of sp³-hybridized carbons (Fsp3) is 0.172. The van der Waals surface area contributed by atoms with Crippen LogP contribution < -0.4 is 10.6 Å². The van der Waals surface area contributed by atoms with Gasteiger partial charge in [-0.2, -0.15) is 0 Å². The van der Waals surface area contributed by atoms with E-state index in [-0.39, 0.29) is 5.16 Å². The van der Waals surface area contributed by atoms with E-state index in [1.54, 1.807) is 0 Å². The summed E-state index contributed by atoms with van der Waals surface area (Å²) in [5.74, 6) is 0. The molecule has 4 aromatic carbocycles. The van der Waals surface area contributed by atoms with Crippen molar-refractivity contribution in [2.75, 3.05) is 6.54 Å². The van der Waals surface area contributed by atoms with Crippen molar-refractivity contribution in [3.8, 4) is 0 Å². The number of rotatable bonds is 6. The lowest BCUT2D eigenvalue weighted by atomic mass is 9.83. The van der Waals surface area contributed by atoms with E-state index in [9.17, 15) is 0 Å². The first-order chi connectivity index (χ1) is 15.8. The van der Waals surface area contributed by atoms with Gasteiger partial charge in [-0.25, -0.2) is 0 Å². The summed E-state index contributed by atoms with van der Waals surface area (Å²) in [6.07, 6.45) is 2.41. The number of nitrogens with zero attached hydrogens (tertiary/aromatic N) is 1. The molecule has 0 N–H and O–H groups in total. The van der Waals surface area contributed by atoms with E-state index >= 15 is 0 Å². The first-order valence-electron chi connectivity index (χ1n) is 11.3. The first kappa shape index (κ1) is 21.5. The standard InChI is InChI=1S/C29H29NP2/c31-29(24-14-5-1-6-15-24,25-16-7-2-8-17-25)28-22-13-23-30(28)32(26-18-9-3-10-19-26)27-20-11-4-12-21-27/h1-12,14-21,28H,13,22-23,31H2/t28-/m0/s1. The molecule has 0 bridgehead atoms. The third kappa shape index (κ3) is 4.06. The summed E-state index contributed by atoms with van der Waals surface area (Å²) in [6.45, 7) is 1.12. The van der Waals surface area contributed by atoms with E-state index in [1.165, 1.54) is 34.6 Å². The lowest BCUT2D eigenvalue weighted by Crippen LogP contribution is -2.44. The van der Waals surface area contributed by atoms with E-state index in [0.717, 1.165) is 6.54 Å². The summed E-state index contributed by atoms with van der Waals surface area (Å²) < 4.78 is 2.81. The fourth-order valence-electron chi connectivity index (χ4n) is 5.02. The van der Waals surface area contributed by atoms with Gasteiger partial charge < -0.3 is 0 Å². The van der Waals surface area contributed by atoms with Crippen LogP contribution >= 0.6 is 17.3 Å². The van der Waals surface area contributed by atoms with Crippen LogP contribution in [0.3, 0.4) is 0 Å². The van der Waals surface area contributed by atoms with Crippen LogP contribution in [0.1, 0.15) is 24.0 Å². The van der Waals surface area contributed by atoms with Gasteiger partial charge in [0.25, 0.3) is 0 Å². The maximum absolute atomic E-state index is 3.30. The highest BCUT2D eigenvalue weighted by atomic mass is 31.1. The predicted octanol–water partition coefficient (Wildman–Crippen LogP) is 6.32. The van der Waals surface area contributed by atoms with Crippen LogP contribution in [0.2, 0.25) is 0 Å². The zero-order valence-corrected chi connectivity index (χ0v) is 20.3. The van der Waals surface area contributed by atoms with Crippen molar-refractivity contribution < 1.29 is 0 Å². The Balaban J connectivity index is 1.65. The lowest BCUT2D eigenvalue weighted by molar-refractivity contribution is 0.367. The molecular weight excluding hydrogens is 424 g/mol. The molecular formula is C29H29NP2. The molecule has 4 aromatic rings. The van der Waals surface area contributed by atoms with Gasteiger partial charge in [0, 0.05) is 20.7 Å². The summed E-state index contributed by atoms with van der Waals surface area (Å²) in [7, 11) is 2.69. The van der Waals surface area contributed by atoms with E-state index in [1.807, 2.05) is 0 Å². The van der Waals surface area contributed by atoms with Gasteiger partial charge >= 0.3 is 0 Å². The van der Waals surface area contributed by atoms with Crippen molar-refractivity contribution in [1.29, 1.82) is 0 Å². The molecule has 5 rings (SSSR count). The predicted molar refractivity (Wildman–Crippen MR) is 142 cm³/mol. The van der Waals surface area contributed by atoms with Crippen molar-refractivity contribution in [2.24, 2.45) is 0 Å². The maximum Gasteiger partial charge on any atom is 0.0501 e. The Labute approximate surface area is 195 Å². The van der Waals surface area contributed by atoms with Gasteiger partial charge in [-0.3, -0.25) is 4.67 Å². The van der Waals surface area contributed by atoms with Crippen molar-refractivity contribution in [1.82, 2.24) is 4.67 Å². The van der Waals surface area contributed by atoms with E-state index < -0.39 is 8.07 Å². The molecule has 1 aliphatic heterocycles. The van der Waals surface area contributed by atoms with Gasteiger partial charge in [-0.15, -0.1) is 9.24 Å². The Bertz CT molecular complexity index is 1040. The minimum absolute atomic E-state index is 0.164. The molecule has 2 atom stereocenters. The van der Waals surface area contributed by atoms with Gasteiger partial charge in [0.05, 0.1) is 5.16 Å². The zero-order valence-electron chi connectivity index (χ0n) is 18.2. The van der Waals surface area contributed by atoms with E-state index in [0.29, 0.717) is 6.04 Å². The van der Waals surface area contributed by atoms with Crippen molar-refractivity contribution in [3.63, 3.8) is 0 Å². The van der Waals surface area contributed by atoms with E-state index in [2.05, 4.69) is 135 Å². The van der Waals surface area contributed by atoms with Gasteiger partial charge in [-0.05, 0) is 34.6 Å². The fourth-order valence-corrected chi connectivity index (χ4v) is 8.59. The third-order valence-corrected chi connectivity index (χ3v) is 10.1. The number of benzene rings is 4. The Morgan fingerprint density at radius 1 is 0.625 bits per heavy atom. The highest BCUT2D eigenvalue weighted by Crippen LogP contribution is 2.54. The molecule has 160 valence electrons. The molecule has 1 heterocycles. The second-order valence-corrected chi connectivity index (χ2v) is 11.5.